The molecule has 2 rings (SSSR count). The zero-order valence-electron chi connectivity index (χ0n) is 12.4. The van der Waals surface area contributed by atoms with Crippen molar-refractivity contribution in [3.63, 3.8) is 0 Å². The van der Waals surface area contributed by atoms with Gasteiger partial charge < -0.3 is 20.1 Å². The summed E-state index contributed by atoms with van der Waals surface area (Å²) < 4.78 is 24.0. The molecule has 1 heterocycles. The Labute approximate surface area is 128 Å². The number of nitrogens with zero attached hydrogens (tertiary/aromatic N) is 1. The summed E-state index contributed by atoms with van der Waals surface area (Å²) in [7, 11) is 0. The molecule has 1 aromatic carbocycles. The van der Waals surface area contributed by atoms with Crippen LogP contribution in [0.15, 0.2) is 24.3 Å². The maximum atomic E-state index is 13.4. The first-order valence-electron chi connectivity index (χ1n) is 7.01. The van der Waals surface area contributed by atoms with E-state index in [0.29, 0.717) is 6.54 Å². The number of hydrogen-bond acceptors (Lipinski definition) is 4. The summed E-state index contributed by atoms with van der Waals surface area (Å²) in [6, 6.07) is 6.00. The lowest BCUT2D eigenvalue weighted by atomic mass is 10.0. The number of para-hydroxylation sites is 1. The van der Waals surface area contributed by atoms with E-state index in [4.69, 9.17) is 15.2 Å². The molecule has 7 heteroatoms. The molecule has 1 fully saturated rings. The minimum absolute atomic E-state index is 0.0599. The smallest absolute Gasteiger partial charge is 0.251 e. The van der Waals surface area contributed by atoms with Gasteiger partial charge >= 0.3 is 0 Å². The molecular formula is C15H19FN2O4. The summed E-state index contributed by atoms with van der Waals surface area (Å²) in [5, 5.41) is 0. The topological polar surface area (TPSA) is 81.9 Å². The van der Waals surface area contributed by atoms with E-state index in [1.807, 2.05) is 0 Å². The van der Waals surface area contributed by atoms with Crippen LogP contribution in [0.1, 0.15) is 13.3 Å². The average molecular weight is 310 g/mol. The van der Waals surface area contributed by atoms with Crippen molar-refractivity contribution in [1.29, 1.82) is 0 Å². The molecule has 6 nitrogen and oxygen atoms in total. The van der Waals surface area contributed by atoms with Crippen molar-refractivity contribution in [2.24, 2.45) is 5.73 Å². The van der Waals surface area contributed by atoms with Crippen LogP contribution in [-0.4, -0.2) is 48.6 Å². The number of halogens is 1. The van der Waals surface area contributed by atoms with E-state index in [-0.39, 0.29) is 37.8 Å². The quantitative estimate of drug-likeness (QED) is 0.868. The van der Waals surface area contributed by atoms with Crippen molar-refractivity contribution < 1.29 is 23.5 Å². The van der Waals surface area contributed by atoms with Crippen molar-refractivity contribution in [3.05, 3.63) is 30.1 Å². The number of hydrogen-bond donors (Lipinski definition) is 1. The Hall–Kier alpha value is -2.15. The highest BCUT2D eigenvalue weighted by Crippen LogP contribution is 2.19. The molecule has 0 radical (unpaired) electrons. The molecule has 1 aliphatic heterocycles. The van der Waals surface area contributed by atoms with Gasteiger partial charge in [-0.25, -0.2) is 4.39 Å². The Balaban J connectivity index is 1.85. The predicted molar refractivity (Wildman–Crippen MR) is 76.6 cm³/mol. The van der Waals surface area contributed by atoms with Gasteiger partial charge in [0, 0.05) is 6.54 Å². The average Bonchev–Trinajstić information content (AvgIpc) is 2.49. The molecule has 0 aromatic heterocycles. The summed E-state index contributed by atoms with van der Waals surface area (Å²) in [5.41, 5.74) is 4.12. The number of carbonyl (C=O) groups excluding carboxylic acids is 2. The molecule has 0 bridgehead atoms. The van der Waals surface area contributed by atoms with E-state index in [1.54, 1.807) is 19.1 Å². The van der Waals surface area contributed by atoms with Gasteiger partial charge in [-0.2, -0.15) is 0 Å². The minimum Gasteiger partial charge on any atom is -0.490 e. The van der Waals surface area contributed by atoms with E-state index in [0.717, 1.165) is 0 Å². The van der Waals surface area contributed by atoms with Crippen LogP contribution in [-0.2, 0) is 14.3 Å². The van der Waals surface area contributed by atoms with E-state index in [9.17, 15) is 14.0 Å². The Morgan fingerprint density at radius 1 is 1.45 bits per heavy atom. The standard InChI is InChI=1S/C15H19FN2O4/c1-15(14(17)20)10-18(7-9-22-15)13(19)6-8-21-12-5-3-2-4-11(12)16/h2-5H,6-10H2,1H3,(H2,17,20)/t15-/m0/s1. The van der Waals surface area contributed by atoms with Crippen LogP contribution in [0, 0.1) is 5.82 Å². The number of morpholine rings is 1. The fraction of sp³-hybridized carbons (Fsp3) is 0.467. The second-order valence-corrected chi connectivity index (χ2v) is 5.29. The maximum Gasteiger partial charge on any atom is 0.251 e. The van der Waals surface area contributed by atoms with Gasteiger partial charge in [0.2, 0.25) is 5.91 Å². The molecule has 0 aliphatic carbocycles. The van der Waals surface area contributed by atoms with Crippen LogP contribution in [0.4, 0.5) is 4.39 Å². The molecule has 1 atom stereocenters. The summed E-state index contributed by atoms with van der Waals surface area (Å²) in [6.07, 6.45) is 0.0865. The van der Waals surface area contributed by atoms with Gasteiger partial charge in [0.05, 0.1) is 26.2 Å². The van der Waals surface area contributed by atoms with Gasteiger partial charge in [-0.15, -0.1) is 0 Å². The first kappa shape index (κ1) is 16.2. The molecule has 0 unspecified atom stereocenters. The highest BCUT2D eigenvalue weighted by molar-refractivity contribution is 5.85. The fourth-order valence-electron chi connectivity index (χ4n) is 2.20. The van der Waals surface area contributed by atoms with Crippen molar-refractivity contribution in [3.8, 4) is 5.75 Å². The largest absolute Gasteiger partial charge is 0.490 e. The van der Waals surface area contributed by atoms with Crippen LogP contribution in [0.2, 0.25) is 0 Å². The molecule has 0 spiro atoms. The molecule has 1 saturated heterocycles. The lowest BCUT2D eigenvalue weighted by Crippen LogP contribution is -2.58. The summed E-state index contributed by atoms with van der Waals surface area (Å²) >= 11 is 0. The third kappa shape index (κ3) is 3.73. The van der Waals surface area contributed by atoms with E-state index < -0.39 is 17.3 Å². The zero-order chi connectivity index (χ0) is 16.2. The van der Waals surface area contributed by atoms with Crippen molar-refractivity contribution >= 4 is 11.8 Å². The number of nitrogens with two attached hydrogens (primary N) is 1. The number of benzene rings is 1. The Morgan fingerprint density at radius 3 is 2.86 bits per heavy atom. The number of ether oxygens (including phenoxy) is 2. The molecule has 0 saturated carbocycles. The van der Waals surface area contributed by atoms with Gasteiger partial charge in [-0.1, -0.05) is 12.1 Å². The molecule has 120 valence electrons. The summed E-state index contributed by atoms with van der Waals surface area (Å²) in [5.74, 6) is -1.15. The van der Waals surface area contributed by atoms with Gasteiger partial charge in [0.1, 0.15) is 0 Å². The van der Waals surface area contributed by atoms with Gasteiger partial charge in [-0.05, 0) is 19.1 Å². The predicted octanol–water partition coefficient (Wildman–Crippen LogP) is 0.697. The Kier molecular flexibility index (Phi) is 4.97. The van der Waals surface area contributed by atoms with Crippen molar-refractivity contribution in [1.82, 2.24) is 4.90 Å². The number of primary amides is 1. The highest BCUT2D eigenvalue weighted by atomic mass is 19.1. The monoisotopic (exact) mass is 310 g/mol. The van der Waals surface area contributed by atoms with Gasteiger partial charge in [-0.3, -0.25) is 9.59 Å². The summed E-state index contributed by atoms with van der Waals surface area (Å²) in [4.78, 5) is 25.0. The van der Waals surface area contributed by atoms with Crippen LogP contribution >= 0.6 is 0 Å². The molecule has 1 aliphatic rings. The second kappa shape index (κ2) is 6.74. The summed E-state index contributed by atoms with van der Waals surface area (Å²) in [6.45, 7) is 2.37. The molecule has 2 amide bonds. The third-order valence-electron chi connectivity index (χ3n) is 3.56. The molecule has 22 heavy (non-hydrogen) atoms. The van der Waals surface area contributed by atoms with E-state index in [1.165, 1.54) is 17.0 Å². The minimum atomic E-state index is -1.17. The van der Waals surface area contributed by atoms with Crippen LogP contribution < -0.4 is 10.5 Å². The van der Waals surface area contributed by atoms with Crippen molar-refractivity contribution in [2.75, 3.05) is 26.3 Å². The highest BCUT2D eigenvalue weighted by Gasteiger charge is 2.39. The Bertz CT molecular complexity index is 566. The lowest BCUT2D eigenvalue weighted by molar-refractivity contribution is -0.160. The number of rotatable bonds is 5. The normalized spacial score (nSPS) is 21.5. The molecule has 1 aromatic rings. The third-order valence-corrected chi connectivity index (χ3v) is 3.56. The zero-order valence-corrected chi connectivity index (χ0v) is 12.4. The molecule has 2 N–H and O–H groups in total. The first-order chi connectivity index (χ1) is 10.4. The Morgan fingerprint density at radius 2 is 2.18 bits per heavy atom. The van der Waals surface area contributed by atoms with Gasteiger partial charge in [0.25, 0.3) is 5.91 Å². The van der Waals surface area contributed by atoms with Crippen molar-refractivity contribution in [2.45, 2.75) is 18.9 Å². The van der Waals surface area contributed by atoms with Crippen LogP contribution in [0.5, 0.6) is 5.75 Å². The van der Waals surface area contributed by atoms with E-state index >= 15 is 0 Å². The van der Waals surface area contributed by atoms with Gasteiger partial charge in [0.15, 0.2) is 17.2 Å². The lowest BCUT2D eigenvalue weighted by Gasteiger charge is -2.38. The first-order valence-corrected chi connectivity index (χ1v) is 7.01. The maximum absolute atomic E-state index is 13.4. The number of carbonyl (C=O) groups is 2. The SMILES string of the molecule is C[C@@]1(C(N)=O)CN(C(=O)CCOc2ccccc2F)CCO1. The fourth-order valence-corrected chi connectivity index (χ4v) is 2.20. The molecular weight excluding hydrogens is 291 g/mol. The second-order valence-electron chi connectivity index (χ2n) is 5.29. The van der Waals surface area contributed by atoms with Crippen LogP contribution in [0.3, 0.4) is 0 Å². The van der Waals surface area contributed by atoms with E-state index in [2.05, 4.69) is 0 Å². The van der Waals surface area contributed by atoms with Crippen LogP contribution in [0.25, 0.3) is 0 Å². The number of amides is 2.